The van der Waals surface area contributed by atoms with Crippen LogP contribution in [0.15, 0.2) is 59.6 Å². The lowest BCUT2D eigenvalue weighted by Crippen LogP contribution is -2.61. The molecular weight excluding hydrogens is 406 g/mol. The molecule has 0 saturated carbocycles. The van der Waals surface area contributed by atoms with Crippen molar-refractivity contribution < 1.29 is 9.47 Å². The highest BCUT2D eigenvalue weighted by Crippen LogP contribution is 2.35. The van der Waals surface area contributed by atoms with Gasteiger partial charge in [-0.2, -0.15) is 5.11 Å². The van der Waals surface area contributed by atoms with Gasteiger partial charge in [0, 0.05) is 43.6 Å². The van der Waals surface area contributed by atoms with Gasteiger partial charge >= 0.3 is 0 Å². The molecule has 1 aromatic carbocycles. The summed E-state index contributed by atoms with van der Waals surface area (Å²) in [6.07, 6.45) is 10.2. The number of anilines is 1. The Bertz CT molecular complexity index is 944. The number of benzene rings is 1. The Morgan fingerprint density at radius 2 is 1.94 bits per heavy atom. The molecule has 9 nitrogen and oxygen atoms in total. The molecule has 1 aliphatic carbocycles. The molecule has 0 bridgehead atoms. The van der Waals surface area contributed by atoms with Crippen LogP contribution in [0, 0.1) is 11.4 Å². The van der Waals surface area contributed by atoms with Crippen LogP contribution in [0.4, 0.5) is 5.69 Å². The van der Waals surface area contributed by atoms with Gasteiger partial charge in [0.1, 0.15) is 5.82 Å². The van der Waals surface area contributed by atoms with Crippen LogP contribution in [-0.4, -0.2) is 60.6 Å². The summed E-state index contributed by atoms with van der Waals surface area (Å²) in [7, 11) is 0. The molecule has 32 heavy (non-hydrogen) atoms. The molecule has 1 fully saturated rings. The van der Waals surface area contributed by atoms with Crippen molar-refractivity contribution in [3.63, 3.8) is 0 Å². The average molecular weight is 438 g/mol. The molecule has 9 heteroatoms. The standard InChI is InChI=1S/C23H31N7O2/c1-15(2)19-13-29(22-12-25-17-5-3-4-6-18(17)27-22)9-10-30(19)23(28-24)26-16-7-8-20-21(11-16)32-14-31-20/h3-8,11-12,15,17-19,23-27H,9-10,13-14H2,1-2H3. The molecule has 5 rings (SSSR count). The van der Waals surface area contributed by atoms with Crippen LogP contribution in [0.1, 0.15) is 13.8 Å². The molecule has 3 heterocycles. The molecule has 1 aromatic rings. The molecule has 170 valence electrons. The van der Waals surface area contributed by atoms with E-state index in [1.807, 2.05) is 18.2 Å². The summed E-state index contributed by atoms with van der Waals surface area (Å²) >= 11 is 0. The maximum atomic E-state index is 7.88. The van der Waals surface area contributed by atoms with E-state index in [2.05, 4.69) is 75.2 Å². The number of nitrogens with zero attached hydrogens (tertiary/aromatic N) is 3. The fraction of sp³-hybridized carbons (Fsp3) is 0.478. The first-order valence-corrected chi connectivity index (χ1v) is 11.2. The second kappa shape index (κ2) is 8.74. The van der Waals surface area contributed by atoms with Crippen molar-refractivity contribution in [2.24, 2.45) is 11.0 Å². The summed E-state index contributed by atoms with van der Waals surface area (Å²) in [5, 5.41) is 14.5. The summed E-state index contributed by atoms with van der Waals surface area (Å²) < 4.78 is 10.9. The summed E-state index contributed by atoms with van der Waals surface area (Å²) in [5.74, 6) is 3.00. The van der Waals surface area contributed by atoms with Gasteiger partial charge in [-0.25, -0.2) is 5.53 Å². The van der Waals surface area contributed by atoms with E-state index >= 15 is 0 Å². The van der Waals surface area contributed by atoms with Crippen LogP contribution < -0.4 is 25.4 Å². The third-order valence-corrected chi connectivity index (χ3v) is 6.54. The summed E-state index contributed by atoms with van der Waals surface area (Å²) in [6, 6.07) is 6.54. The molecule has 0 spiro atoms. The first kappa shape index (κ1) is 20.7. The lowest BCUT2D eigenvalue weighted by atomic mass is 9.98. The van der Waals surface area contributed by atoms with Crippen molar-refractivity contribution in [2.45, 2.75) is 38.3 Å². The Kier molecular flexibility index (Phi) is 5.65. The molecule has 4 N–H and O–H groups in total. The van der Waals surface area contributed by atoms with Gasteiger partial charge in [-0.3, -0.25) is 4.90 Å². The Morgan fingerprint density at radius 3 is 2.75 bits per heavy atom. The summed E-state index contributed by atoms with van der Waals surface area (Å²) in [5.41, 5.74) is 8.75. The number of fused-ring (bicyclic) bond motifs is 2. The molecule has 0 aromatic heterocycles. The van der Waals surface area contributed by atoms with E-state index in [0.717, 1.165) is 42.6 Å². The van der Waals surface area contributed by atoms with Gasteiger partial charge < -0.3 is 30.3 Å². The highest BCUT2D eigenvalue weighted by molar-refractivity contribution is 5.56. The van der Waals surface area contributed by atoms with Crippen LogP contribution in [0.2, 0.25) is 0 Å². The van der Waals surface area contributed by atoms with E-state index < -0.39 is 6.29 Å². The van der Waals surface area contributed by atoms with Crippen LogP contribution >= 0.6 is 0 Å². The number of rotatable bonds is 6. The molecular formula is C23H31N7O2. The van der Waals surface area contributed by atoms with Gasteiger partial charge in [-0.05, 0) is 18.1 Å². The SMILES string of the molecule is CC(C)C1CN(C2=CNC3C=CC=CC3N2)CCN1C(N=N)Nc1ccc2c(c1)OCO2. The van der Waals surface area contributed by atoms with Crippen LogP contribution in [0.3, 0.4) is 0 Å². The average Bonchev–Trinajstić information content (AvgIpc) is 3.30. The number of ether oxygens (including phenoxy) is 2. The molecule has 0 amide bonds. The molecule has 1 saturated heterocycles. The topological polar surface area (TPSA) is 97.2 Å². The van der Waals surface area contributed by atoms with Gasteiger partial charge in [0.05, 0.1) is 12.1 Å². The smallest absolute Gasteiger partial charge is 0.231 e. The van der Waals surface area contributed by atoms with Crippen molar-refractivity contribution in [1.82, 2.24) is 20.4 Å². The first-order valence-electron chi connectivity index (χ1n) is 11.2. The van der Waals surface area contributed by atoms with Gasteiger partial charge in [0.2, 0.25) is 6.79 Å². The zero-order valence-corrected chi connectivity index (χ0v) is 18.5. The van der Waals surface area contributed by atoms with Gasteiger partial charge in [-0.1, -0.05) is 38.2 Å². The Balaban J connectivity index is 1.28. The number of allylic oxidation sites excluding steroid dienone is 2. The lowest BCUT2D eigenvalue weighted by Gasteiger charge is -2.48. The van der Waals surface area contributed by atoms with Crippen molar-refractivity contribution >= 4 is 5.69 Å². The van der Waals surface area contributed by atoms with E-state index in [4.69, 9.17) is 15.0 Å². The molecule has 4 unspecified atom stereocenters. The van der Waals surface area contributed by atoms with E-state index in [1.165, 1.54) is 0 Å². The number of piperazine rings is 1. The van der Waals surface area contributed by atoms with Crippen LogP contribution in [-0.2, 0) is 0 Å². The number of hydrogen-bond acceptors (Lipinski definition) is 9. The number of hydrogen-bond donors (Lipinski definition) is 4. The van der Waals surface area contributed by atoms with E-state index in [9.17, 15) is 0 Å². The van der Waals surface area contributed by atoms with E-state index in [0.29, 0.717) is 12.0 Å². The van der Waals surface area contributed by atoms with Crippen molar-refractivity contribution in [3.8, 4) is 11.5 Å². The first-order chi connectivity index (χ1) is 15.6. The van der Waals surface area contributed by atoms with Crippen molar-refractivity contribution in [3.05, 3.63) is 54.5 Å². The summed E-state index contributed by atoms with van der Waals surface area (Å²) in [6.45, 7) is 7.23. The Morgan fingerprint density at radius 1 is 1.12 bits per heavy atom. The normalized spacial score (nSPS) is 27.3. The Labute approximate surface area is 188 Å². The zero-order valence-electron chi connectivity index (χ0n) is 18.5. The fourth-order valence-electron chi connectivity index (χ4n) is 4.74. The third kappa shape index (κ3) is 4.00. The van der Waals surface area contributed by atoms with Crippen LogP contribution in [0.25, 0.3) is 0 Å². The predicted molar refractivity (Wildman–Crippen MR) is 122 cm³/mol. The highest BCUT2D eigenvalue weighted by Gasteiger charge is 2.36. The van der Waals surface area contributed by atoms with E-state index in [1.54, 1.807) is 0 Å². The highest BCUT2D eigenvalue weighted by atomic mass is 16.7. The minimum Gasteiger partial charge on any atom is -0.454 e. The maximum absolute atomic E-state index is 7.88. The van der Waals surface area contributed by atoms with Crippen LogP contribution in [0.5, 0.6) is 11.5 Å². The van der Waals surface area contributed by atoms with Gasteiger partial charge in [0.15, 0.2) is 17.8 Å². The molecule has 4 atom stereocenters. The van der Waals surface area contributed by atoms with Crippen molar-refractivity contribution in [2.75, 3.05) is 31.7 Å². The minimum absolute atomic E-state index is 0.242. The maximum Gasteiger partial charge on any atom is 0.231 e. The lowest BCUT2D eigenvalue weighted by molar-refractivity contribution is 0.0352. The fourth-order valence-corrected chi connectivity index (χ4v) is 4.74. The Hall–Kier alpha value is -3.20. The second-order valence-corrected chi connectivity index (χ2v) is 8.87. The third-order valence-electron chi connectivity index (χ3n) is 6.54. The zero-order chi connectivity index (χ0) is 22.1. The van der Waals surface area contributed by atoms with Crippen molar-refractivity contribution in [1.29, 1.82) is 5.53 Å². The summed E-state index contributed by atoms with van der Waals surface area (Å²) in [4.78, 5) is 4.69. The second-order valence-electron chi connectivity index (χ2n) is 8.87. The molecule has 4 aliphatic rings. The van der Waals surface area contributed by atoms with Gasteiger partial charge in [0.25, 0.3) is 0 Å². The largest absolute Gasteiger partial charge is 0.454 e. The minimum atomic E-state index is -0.438. The molecule has 3 aliphatic heterocycles. The number of nitrogens with one attached hydrogen (secondary N) is 4. The molecule has 0 radical (unpaired) electrons. The monoisotopic (exact) mass is 437 g/mol. The van der Waals surface area contributed by atoms with Gasteiger partial charge in [-0.15, -0.1) is 0 Å². The predicted octanol–water partition coefficient (Wildman–Crippen LogP) is 2.64. The van der Waals surface area contributed by atoms with E-state index in [-0.39, 0.29) is 18.9 Å². The quantitative estimate of drug-likeness (QED) is 0.508.